The van der Waals surface area contributed by atoms with Crippen LogP contribution in [0.2, 0.25) is 10.0 Å². The van der Waals surface area contributed by atoms with E-state index in [-0.39, 0.29) is 0 Å². The van der Waals surface area contributed by atoms with E-state index >= 15 is 0 Å². The van der Waals surface area contributed by atoms with E-state index in [0.29, 0.717) is 16.1 Å². The summed E-state index contributed by atoms with van der Waals surface area (Å²) in [4.78, 5) is 1.32. The molecule has 0 fully saturated rings. The van der Waals surface area contributed by atoms with Crippen LogP contribution in [0.15, 0.2) is 35.7 Å². The van der Waals surface area contributed by atoms with Gasteiger partial charge >= 0.3 is 0 Å². The lowest BCUT2D eigenvalue weighted by Crippen LogP contribution is -2.08. The molecule has 0 saturated heterocycles. The predicted octanol–water partition coefficient (Wildman–Crippen LogP) is 5.62. The first-order chi connectivity index (χ1) is 8.20. The van der Waals surface area contributed by atoms with E-state index in [9.17, 15) is 0 Å². The number of halogens is 2. The van der Waals surface area contributed by atoms with E-state index in [0.717, 1.165) is 12.1 Å². The quantitative estimate of drug-likeness (QED) is 0.769. The Kier molecular flexibility index (Phi) is 4.32. The largest absolute Gasteiger partial charge is 0.376 e. The van der Waals surface area contributed by atoms with Crippen LogP contribution in [-0.2, 0) is 0 Å². The van der Waals surface area contributed by atoms with Crippen LogP contribution in [0.3, 0.4) is 0 Å². The van der Waals surface area contributed by atoms with Gasteiger partial charge in [-0.15, -0.1) is 11.3 Å². The third kappa shape index (κ3) is 3.15. The molecular weight excluding hydrogens is 273 g/mol. The van der Waals surface area contributed by atoms with Gasteiger partial charge in [0.2, 0.25) is 0 Å². The summed E-state index contributed by atoms with van der Waals surface area (Å²) in [5.41, 5.74) is 0.927. The number of thiophene rings is 1. The molecule has 1 heterocycles. The fraction of sp³-hybridized carbons (Fsp3) is 0.231. The van der Waals surface area contributed by atoms with Gasteiger partial charge in [0.05, 0.1) is 16.8 Å². The van der Waals surface area contributed by atoms with Crippen molar-refractivity contribution in [3.8, 4) is 0 Å². The van der Waals surface area contributed by atoms with Crippen molar-refractivity contribution in [3.05, 3.63) is 50.6 Å². The molecule has 1 N–H and O–H groups in total. The minimum absolute atomic E-state index is 0.300. The molecule has 2 rings (SSSR count). The Balaban J connectivity index is 2.19. The molecule has 1 unspecified atom stereocenters. The van der Waals surface area contributed by atoms with Crippen molar-refractivity contribution < 1.29 is 0 Å². The second-order valence-corrected chi connectivity index (χ2v) is 5.57. The smallest absolute Gasteiger partial charge is 0.0652 e. The highest BCUT2D eigenvalue weighted by Gasteiger charge is 2.11. The standard InChI is InChI=1S/C13H13Cl2NS/c1-2-11(13-4-3-7-17-13)16-12-6-5-9(14)8-10(12)15/h3-8,11,16H,2H2,1H3. The number of rotatable bonds is 4. The molecular formula is C13H13Cl2NS. The van der Waals surface area contributed by atoms with Crippen LogP contribution >= 0.6 is 34.5 Å². The van der Waals surface area contributed by atoms with Crippen molar-refractivity contribution in [3.63, 3.8) is 0 Å². The van der Waals surface area contributed by atoms with Crippen molar-refractivity contribution in [2.45, 2.75) is 19.4 Å². The lowest BCUT2D eigenvalue weighted by atomic mass is 10.1. The molecule has 0 bridgehead atoms. The topological polar surface area (TPSA) is 12.0 Å². The van der Waals surface area contributed by atoms with Crippen molar-refractivity contribution in [2.24, 2.45) is 0 Å². The van der Waals surface area contributed by atoms with Gasteiger partial charge in [-0.25, -0.2) is 0 Å². The molecule has 1 nitrogen and oxygen atoms in total. The number of benzene rings is 1. The Hall–Kier alpha value is -0.700. The summed E-state index contributed by atoms with van der Waals surface area (Å²) in [6.45, 7) is 2.15. The van der Waals surface area contributed by atoms with Gasteiger partial charge in [-0.1, -0.05) is 36.2 Å². The normalized spacial score (nSPS) is 12.4. The number of hydrogen-bond donors (Lipinski definition) is 1. The van der Waals surface area contributed by atoms with Gasteiger partial charge < -0.3 is 5.32 Å². The van der Waals surface area contributed by atoms with Gasteiger partial charge in [0, 0.05) is 9.90 Å². The summed E-state index contributed by atoms with van der Waals surface area (Å²) in [5, 5.41) is 6.85. The molecule has 4 heteroatoms. The fourth-order valence-corrected chi connectivity index (χ4v) is 2.98. The molecule has 2 aromatic rings. The van der Waals surface area contributed by atoms with Gasteiger partial charge in [0.25, 0.3) is 0 Å². The van der Waals surface area contributed by atoms with Gasteiger partial charge in [-0.2, -0.15) is 0 Å². The van der Waals surface area contributed by atoms with Crippen LogP contribution in [0.5, 0.6) is 0 Å². The SMILES string of the molecule is CCC(Nc1ccc(Cl)cc1Cl)c1cccs1. The number of hydrogen-bond acceptors (Lipinski definition) is 2. The summed E-state index contributed by atoms with van der Waals surface area (Å²) in [6, 6.07) is 10.0. The molecule has 0 saturated carbocycles. The van der Waals surface area contributed by atoms with E-state index < -0.39 is 0 Å². The van der Waals surface area contributed by atoms with Gasteiger partial charge in [0.1, 0.15) is 0 Å². The highest BCUT2D eigenvalue weighted by molar-refractivity contribution is 7.10. The number of anilines is 1. The first-order valence-electron chi connectivity index (χ1n) is 5.45. The van der Waals surface area contributed by atoms with Gasteiger partial charge in [-0.3, -0.25) is 0 Å². The summed E-state index contributed by atoms with van der Waals surface area (Å²) < 4.78 is 0. The Morgan fingerprint density at radius 2 is 2.12 bits per heavy atom. The maximum atomic E-state index is 6.15. The molecule has 0 aliphatic carbocycles. The zero-order chi connectivity index (χ0) is 12.3. The molecule has 90 valence electrons. The molecule has 1 aromatic carbocycles. The molecule has 1 aromatic heterocycles. The van der Waals surface area contributed by atoms with Crippen LogP contribution in [0.4, 0.5) is 5.69 Å². The first-order valence-corrected chi connectivity index (χ1v) is 7.09. The molecule has 17 heavy (non-hydrogen) atoms. The molecule has 1 atom stereocenters. The maximum absolute atomic E-state index is 6.15. The minimum Gasteiger partial charge on any atom is -0.376 e. The number of nitrogens with one attached hydrogen (secondary N) is 1. The van der Waals surface area contributed by atoms with Gasteiger partial charge in [0.15, 0.2) is 0 Å². The summed E-state index contributed by atoms with van der Waals surface area (Å²) in [5.74, 6) is 0. The lowest BCUT2D eigenvalue weighted by molar-refractivity contribution is 0.764. The van der Waals surface area contributed by atoms with Crippen LogP contribution in [0.25, 0.3) is 0 Å². The average molecular weight is 286 g/mol. The summed E-state index contributed by atoms with van der Waals surface area (Å²) in [6.07, 6.45) is 1.01. The third-order valence-electron chi connectivity index (χ3n) is 2.56. The Bertz CT molecular complexity index is 482. The highest BCUT2D eigenvalue weighted by Crippen LogP contribution is 2.31. The lowest BCUT2D eigenvalue weighted by Gasteiger charge is -2.18. The van der Waals surface area contributed by atoms with E-state index in [2.05, 4.69) is 29.8 Å². The first kappa shape index (κ1) is 12.7. The average Bonchev–Trinajstić information content (AvgIpc) is 2.81. The van der Waals surface area contributed by atoms with Crippen LogP contribution in [-0.4, -0.2) is 0 Å². The van der Waals surface area contributed by atoms with Crippen molar-refractivity contribution >= 4 is 40.2 Å². The van der Waals surface area contributed by atoms with E-state index in [1.54, 1.807) is 17.4 Å². The second kappa shape index (κ2) is 5.76. The molecule has 0 radical (unpaired) electrons. The molecule has 0 aliphatic rings. The van der Waals surface area contributed by atoms with Gasteiger partial charge in [-0.05, 0) is 36.1 Å². The van der Waals surface area contributed by atoms with Crippen LogP contribution in [0, 0.1) is 0 Å². The zero-order valence-corrected chi connectivity index (χ0v) is 11.7. The summed E-state index contributed by atoms with van der Waals surface area (Å²) >= 11 is 13.8. The van der Waals surface area contributed by atoms with Crippen molar-refractivity contribution in [1.82, 2.24) is 0 Å². The second-order valence-electron chi connectivity index (χ2n) is 3.74. The highest BCUT2D eigenvalue weighted by atomic mass is 35.5. The fourth-order valence-electron chi connectivity index (χ4n) is 1.66. The van der Waals surface area contributed by atoms with E-state index in [1.807, 2.05) is 12.1 Å². The third-order valence-corrected chi connectivity index (χ3v) is 4.09. The molecule has 0 amide bonds. The molecule has 0 spiro atoms. The zero-order valence-electron chi connectivity index (χ0n) is 9.41. The molecule has 0 aliphatic heterocycles. The van der Waals surface area contributed by atoms with E-state index in [1.165, 1.54) is 4.88 Å². The van der Waals surface area contributed by atoms with E-state index in [4.69, 9.17) is 23.2 Å². The maximum Gasteiger partial charge on any atom is 0.0652 e. The van der Waals surface area contributed by atoms with Crippen LogP contribution < -0.4 is 5.32 Å². The van der Waals surface area contributed by atoms with Crippen molar-refractivity contribution in [2.75, 3.05) is 5.32 Å². The monoisotopic (exact) mass is 285 g/mol. The Labute approximate surface area is 115 Å². The van der Waals surface area contributed by atoms with Crippen molar-refractivity contribution in [1.29, 1.82) is 0 Å². The Morgan fingerprint density at radius 1 is 1.29 bits per heavy atom. The van der Waals surface area contributed by atoms with Crippen LogP contribution in [0.1, 0.15) is 24.3 Å². The summed E-state index contributed by atoms with van der Waals surface area (Å²) in [7, 11) is 0. The predicted molar refractivity (Wildman–Crippen MR) is 77.4 cm³/mol. The Morgan fingerprint density at radius 3 is 2.71 bits per heavy atom. The minimum atomic E-state index is 0.300.